The van der Waals surface area contributed by atoms with Crippen LogP contribution in [0.2, 0.25) is 0 Å². The molecule has 7 heteroatoms. The normalized spacial score (nSPS) is 18.9. The first-order valence-electron chi connectivity index (χ1n) is 7.41. The van der Waals surface area contributed by atoms with Crippen molar-refractivity contribution in [3.05, 3.63) is 22.8 Å². The zero-order valence-corrected chi connectivity index (χ0v) is 13.9. The molecule has 2 N–H and O–H groups in total. The van der Waals surface area contributed by atoms with Crippen molar-refractivity contribution >= 4 is 33.6 Å². The van der Waals surface area contributed by atoms with E-state index in [1.807, 2.05) is 6.07 Å². The lowest BCUT2D eigenvalue weighted by Gasteiger charge is -2.31. The Kier molecular flexibility index (Phi) is 6.33. The van der Waals surface area contributed by atoms with Crippen LogP contribution in [0.15, 0.2) is 22.8 Å². The lowest BCUT2D eigenvalue weighted by Crippen LogP contribution is -2.41. The topological polar surface area (TPSA) is 82.5 Å². The molecule has 2 rings (SSSR count). The fourth-order valence-corrected chi connectivity index (χ4v) is 2.84. The van der Waals surface area contributed by atoms with Gasteiger partial charge in [-0.1, -0.05) is 0 Å². The number of carboxylic acid groups (broad SMARTS) is 1. The van der Waals surface area contributed by atoms with Crippen LogP contribution in [0.5, 0.6) is 0 Å². The molecule has 0 aliphatic carbocycles. The molecule has 1 amide bonds. The van der Waals surface area contributed by atoms with E-state index in [9.17, 15) is 9.59 Å². The smallest absolute Gasteiger partial charge is 0.303 e. The van der Waals surface area contributed by atoms with Crippen molar-refractivity contribution < 1.29 is 14.7 Å². The van der Waals surface area contributed by atoms with Gasteiger partial charge in [0.2, 0.25) is 5.91 Å². The van der Waals surface area contributed by atoms with Crippen molar-refractivity contribution in [3.63, 3.8) is 0 Å². The maximum Gasteiger partial charge on any atom is 0.303 e. The summed E-state index contributed by atoms with van der Waals surface area (Å²) in [5, 5.41) is 11.5. The van der Waals surface area contributed by atoms with E-state index in [1.54, 1.807) is 12.3 Å². The van der Waals surface area contributed by atoms with Crippen LogP contribution in [0.4, 0.5) is 5.82 Å². The molecule has 1 saturated heterocycles. The number of piperidine rings is 1. The molecule has 1 aliphatic heterocycles. The van der Waals surface area contributed by atoms with Crippen LogP contribution in [0.1, 0.15) is 25.7 Å². The molecular weight excluding hydrogens is 350 g/mol. The average Bonchev–Trinajstić information content (AvgIpc) is 2.49. The number of carboxylic acids is 1. The van der Waals surface area contributed by atoms with Gasteiger partial charge in [-0.2, -0.15) is 0 Å². The maximum atomic E-state index is 12.3. The minimum atomic E-state index is -0.771. The summed E-state index contributed by atoms with van der Waals surface area (Å²) in [7, 11) is 0. The lowest BCUT2D eigenvalue weighted by molar-refractivity contribution is -0.137. The number of carbonyl (C=O) groups is 2. The minimum Gasteiger partial charge on any atom is -0.481 e. The molecule has 0 spiro atoms. The zero-order chi connectivity index (χ0) is 15.9. The Labute approximate surface area is 138 Å². The van der Waals surface area contributed by atoms with Crippen LogP contribution < -0.4 is 5.32 Å². The van der Waals surface area contributed by atoms with Crippen molar-refractivity contribution in [2.45, 2.75) is 25.7 Å². The molecule has 0 bridgehead atoms. The second kappa shape index (κ2) is 8.24. The monoisotopic (exact) mass is 369 g/mol. The van der Waals surface area contributed by atoms with E-state index in [-0.39, 0.29) is 18.2 Å². The molecular formula is C15H20BrN3O3. The molecule has 1 aromatic rings. The van der Waals surface area contributed by atoms with E-state index in [1.165, 1.54) is 0 Å². The molecule has 120 valence electrons. The van der Waals surface area contributed by atoms with Crippen molar-refractivity contribution in [2.75, 3.05) is 25.0 Å². The molecule has 0 radical (unpaired) electrons. The summed E-state index contributed by atoms with van der Waals surface area (Å²) in [6.45, 7) is 2.34. The highest BCUT2D eigenvalue weighted by molar-refractivity contribution is 9.10. The quantitative estimate of drug-likeness (QED) is 0.803. The summed E-state index contributed by atoms with van der Waals surface area (Å²) in [5.41, 5.74) is 0. The number of amides is 1. The fourth-order valence-electron chi connectivity index (χ4n) is 2.60. The largest absolute Gasteiger partial charge is 0.481 e. The second-order valence-electron chi connectivity index (χ2n) is 5.49. The number of hydrogen-bond acceptors (Lipinski definition) is 4. The highest BCUT2D eigenvalue weighted by atomic mass is 79.9. The van der Waals surface area contributed by atoms with Gasteiger partial charge in [-0.25, -0.2) is 4.98 Å². The van der Waals surface area contributed by atoms with E-state index in [4.69, 9.17) is 5.11 Å². The second-order valence-corrected chi connectivity index (χ2v) is 6.40. The highest BCUT2D eigenvalue weighted by Crippen LogP contribution is 2.19. The van der Waals surface area contributed by atoms with E-state index in [0.29, 0.717) is 18.8 Å². The number of halogens is 1. The predicted molar refractivity (Wildman–Crippen MR) is 86.6 cm³/mol. The van der Waals surface area contributed by atoms with Crippen LogP contribution in [0, 0.1) is 5.92 Å². The third kappa shape index (κ3) is 5.38. The number of pyridine rings is 1. The van der Waals surface area contributed by atoms with Gasteiger partial charge in [0.15, 0.2) is 0 Å². The molecule has 1 fully saturated rings. The third-order valence-electron chi connectivity index (χ3n) is 3.72. The van der Waals surface area contributed by atoms with E-state index in [0.717, 1.165) is 30.4 Å². The Morgan fingerprint density at radius 3 is 2.95 bits per heavy atom. The number of hydrogen-bond donors (Lipinski definition) is 2. The number of anilines is 1. The van der Waals surface area contributed by atoms with Crippen LogP contribution in [0.25, 0.3) is 0 Å². The van der Waals surface area contributed by atoms with Crippen molar-refractivity contribution in [1.29, 1.82) is 0 Å². The summed E-state index contributed by atoms with van der Waals surface area (Å²) in [5.74, 6) is -0.300. The fraction of sp³-hybridized carbons (Fsp3) is 0.533. The summed E-state index contributed by atoms with van der Waals surface area (Å²) in [6, 6.07) is 3.59. The number of aliphatic carboxylic acids is 1. The van der Waals surface area contributed by atoms with Crippen LogP contribution in [0.3, 0.4) is 0 Å². The average molecular weight is 370 g/mol. The Morgan fingerprint density at radius 1 is 1.45 bits per heavy atom. The Morgan fingerprint density at radius 2 is 2.27 bits per heavy atom. The summed E-state index contributed by atoms with van der Waals surface area (Å²) in [6.07, 6.45) is 4.26. The number of rotatable bonds is 6. The predicted octanol–water partition coefficient (Wildman–Crippen LogP) is 2.36. The third-order valence-corrected chi connectivity index (χ3v) is 4.19. The van der Waals surface area contributed by atoms with Gasteiger partial charge in [0.25, 0.3) is 0 Å². The molecule has 0 saturated carbocycles. The van der Waals surface area contributed by atoms with Gasteiger partial charge in [0, 0.05) is 23.6 Å². The molecule has 2 heterocycles. The first-order valence-corrected chi connectivity index (χ1v) is 8.20. The van der Waals surface area contributed by atoms with Crippen molar-refractivity contribution in [3.8, 4) is 0 Å². The van der Waals surface area contributed by atoms with E-state index in [2.05, 4.69) is 31.1 Å². The van der Waals surface area contributed by atoms with E-state index >= 15 is 0 Å². The van der Waals surface area contributed by atoms with Crippen molar-refractivity contribution in [1.82, 2.24) is 9.88 Å². The lowest BCUT2D eigenvalue weighted by atomic mass is 9.97. The van der Waals surface area contributed by atoms with Gasteiger partial charge in [0.05, 0.1) is 5.92 Å². The molecule has 6 nitrogen and oxygen atoms in total. The number of aromatic nitrogens is 1. The SMILES string of the molecule is O=C(O)CCCN1CCCC(C(=O)Nc2ccc(Br)cn2)C1. The summed E-state index contributed by atoms with van der Waals surface area (Å²) < 4.78 is 0.868. The summed E-state index contributed by atoms with van der Waals surface area (Å²) >= 11 is 3.31. The molecule has 1 atom stereocenters. The minimum absolute atomic E-state index is 0.0160. The number of carbonyl (C=O) groups excluding carboxylic acids is 1. The highest BCUT2D eigenvalue weighted by Gasteiger charge is 2.25. The van der Waals surface area contributed by atoms with Gasteiger partial charge in [-0.15, -0.1) is 0 Å². The summed E-state index contributed by atoms with van der Waals surface area (Å²) in [4.78, 5) is 29.2. The molecule has 1 aromatic heterocycles. The molecule has 1 unspecified atom stereocenters. The first-order chi connectivity index (χ1) is 10.5. The van der Waals surface area contributed by atoms with Gasteiger partial charge in [-0.3, -0.25) is 9.59 Å². The number of likely N-dealkylation sites (tertiary alicyclic amines) is 1. The van der Waals surface area contributed by atoms with E-state index < -0.39 is 5.97 Å². The van der Waals surface area contributed by atoms with Crippen LogP contribution in [-0.2, 0) is 9.59 Å². The van der Waals surface area contributed by atoms with Gasteiger partial charge < -0.3 is 15.3 Å². The van der Waals surface area contributed by atoms with Crippen molar-refractivity contribution in [2.24, 2.45) is 5.92 Å². The Balaban J connectivity index is 1.81. The van der Waals surface area contributed by atoms with Gasteiger partial charge in [-0.05, 0) is 60.4 Å². The number of nitrogens with zero attached hydrogens (tertiary/aromatic N) is 2. The molecule has 22 heavy (non-hydrogen) atoms. The molecule has 0 aromatic carbocycles. The molecule has 1 aliphatic rings. The van der Waals surface area contributed by atoms with Gasteiger partial charge in [0.1, 0.15) is 5.82 Å². The Hall–Kier alpha value is -1.47. The van der Waals surface area contributed by atoms with Crippen LogP contribution in [-0.4, -0.2) is 46.5 Å². The Bertz CT molecular complexity index is 521. The van der Waals surface area contributed by atoms with Crippen LogP contribution >= 0.6 is 15.9 Å². The number of nitrogens with one attached hydrogen (secondary N) is 1. The van der Waals surface area contributed by atoms with Gasteiger partial charge >= 0.3 is 5.97 Å². The zero-order valence-electron chi connectivity index (χ0n) is 12.3. The first kappa shape index (κ1) is 16.9. The maximum absolute atomic E-state index is 12.3. The standard InChI is InChI=1S/C15H20BrN3O3/c16-12-5-6-13(17-9-12)18-15(22)11-3-1-7-19(10-11)8-2-4-14(20)21/h5-6,9,11H,1-4,7-8,10H2,(H,20,21)(H,17,18,22).